The largest absolute Gasteiger partial charge is 0.479 e. The van der Waals surface area contributed by atoms with Crippen molar-refractivity contribution in [2.45, 2.75) is 20.0 Å². The van der Waals surface area contributed by atoms with Crippen molar-refractivity contribution in [1.29, 1.82) is 0 Å². The van der Waals surface area contributed by atoms with Crippen molar-refractivity contribution < 1.29 is 19.4 Å². The summed E-state index contributed by atoms with van der Waals surface area (Å²) in [5, 5.41) is 12.2. The third kappa shape index (κ3) is 4.98. The summed E-state index contributed by atoms with van der Waals surface area (Å²) in [6.07, 6.45) is 0.827. The number of hydrogen-bond donors (Lipinski definition) is 2. The molecule has 0 bridgehead atoms. The first kappa shape index (κ1) is 18.7. The van der Waals surface area contributed by atoms with Crippen LogP contribution in [0.25, 0.3) is 6.08 Å². The Morgan fingerprint density at radius 3 is 2.48 bits per heavy atom. The Balaban J connectivity index is 1.70. The molecule has 0 unspecified atom stereocenters. The minimum atomic E-state index is -1.03. The minimum Gasteiger partial charge on any atom is -0.479 e. The van der Waals surface area contributed by atoms with Gasteiger partial charge in [0.15, 0.2) is 11.3 Å². The molecule has 0 aliphatic carbocycles. The maximum atomic E-state index is 12.1. The summed E-state index contributed by atoms with van der Waals surface area (Å²) in [4.78, 5) is 27.9. The van der Waals surface area contributed by atoms with Crippen molar-refractivity contribution in [3.8, 4) is 5.75 Å². The van der Waals surface area contributed by atoms with Crippen molar-refractivity contribution in [1.82, 2.24) is 5.32 Å². The molecule has 6 nitrogen and oxygen atoms in total. The van der Waals surface area contributed by atoms with E-state index in [2.05, 4.69) is 10.3 Å². The van der Waals surface area contributed by atoms with Crippen LogP contribution in [-0.2, 0) is 9.59 Å². The Labute approximate surface area is 161 Å². The zero-order valence-corrected chi connectivity index (χ0v) is 15.6. The van der Waals surface area contributed by atoms with Crippen molar-refractivity contribution in [3.05, 3.63) is 64.6 Å². The molecule has 0 spiro atoms. The molecule has 1 aliphatic heterocycles. The van der Waals surface area contributed by atoms with Gasteiger partial charge in [-0.1, -0.05) is 29.8 Å². The molecule has 2 aromatic carbocycles. The summed E-state index contributed by atoms with van der Waals surface area (Å²) < 4.78 is 5.29. The lowest BCUT2D eigenvalue weighted by Gasteiger charge is -2.10. The van der Waals surface area contributed by atoms with E-state index in [1.807, 2.05) is 31.2 Å². The van der Waals surface area contributed by atoms with E-state index in [0.717, 1.165) is 16.8 Å². The standard InChI is InChI=1S/C20H18N2O4S/c1-12-3-7-15(8-4-12)21-20-22-18(23)17(27-20)11-14-5-9-16(10-6-14)26-13(2)19(24)25/h3-11,13H,1-2H3,(H,24,25)(H,21,22,23)/b17-11-/t13-/m1/s1. The highest BCUT2D eigenvalue weighted by Crippen LogP contribution is 2.28. The number of carbonyl (C=O) groups is 2. The van der Waals surface area contributed by atoms with E-state index in [-0.39, 0.29) is 5.91 Å². The van der Waals surface area contributed by atoms with E-state index in [1.54, 1.807) is 30.3 Å². The highest BCUT2D eigenvalue weighted by atomic mass is 32.2. The maximum Gasteiger partial charge on any atom is 0.344 e. The van der Waals surface area contributed by atoms with Crippen LogP contribution in [0, 0.1) is 6.92 Å². The Bertz CT molecular complexity index is 918. The summed E-state index contributed by atoms with van der Waals surface area (Å²) in [6, 6.07) is 14.6. The number of carboxylic acid groups (broad SMARTS) is 1. The van der Waals surface area contributed by atoms with Crippen molar-refractivity contribution >= 4 is 40.6 Å². The molecule has 27 heavy (non-hydrogen) atoms. The van der Waals surface area contributed by atoms with E-state index in [1.165, 1.54) is 18.7 Å². The van der Waals surface area contributed by atoms with Crippen LogP contribution in [0.4, 0.5) is 5.69 Å². The zero-order chi connectivity index (χ0) is 19.4. The molecular weight excluding hydrogens is 364 g/mol. The Morgan fingerprint density at radius 2 is 1.85 bits per heavy atom. The Morgan fingerprint density at radius 1 is 1.19 bits per heavy atom. The topological polar surface area (TPSA) is 88.0 Å². The molecule has 138 valence electrons. The fourth-order valence-corrected chi connectivity index (χ4v) is 3.11. The zero-order valence-electron chi connectivity index (χ0n) is 14.8. The molecule has 3 rings (SSSR count). The number of aliphatic carboxylic acids is 1. The summed E-state index contributed by atoms with van der Waals surface area (Å²) in [6.45, 7) is 3.47. The third-order valence-corrected chi connectivity index (χ3v) is 4.66. The first-order valence-corrected chi connectivity index (χ1v) is 9.08. The van der Waals surface area contributed by atoms with Gasteiger partial charge in [-0.15, -0.1) is 0 Å². The van der Waals surface area contributed by atoms with Crippen molar-refractivity contribution in [2.24, 2.45) is 4.99 Å². The number of nitrogens with zero attached hydrogens (tertiary/aromatic N) is 1. The quantitative estimate of drug-likeness (QED) is 0.769. The van der Waals surface area contributed by atoms with Crippen LogP contribution in [0.3, 0.4) is 0 Å². The van der Waals surface area contributed by atoms with Crippen LogP contribution in [0.5, 0.6) is 5.75 Å². The summed E-state index contributed by atoms with van der Waals surface area (Å²) in [5.74, 6) is -0.775. The number of carbonyl (C=O) groups excluding carboxylic acids is 1. The predicted molar refractivity (Wildman–Crippen MR) is 106 cm³/mol. The van der Waals surface area contributed by atoms with Crippen LogP contribution in [-0.4, -0.2) is 28.3 Å². The van der Waals surface area contributed by atoms with Gasteiger partial charge in [0, 0.05) is 0 Å². The van der Waals surface area contributed by atoms with Gasteiger partial charge in [0.2, 0.25) is 0 Å². The molecular formula is C20H18N2O4S. The smallest absolute Gasteiger partial charge is 0.344 e. The first-order chi connectivity index (χ1) is 12.9. The van der Waals surface area contributed by atoms with Gasteiger partial charge in [0.25, 0.3) is 5.91 Å². The Kier molecular flexibility index (Phi) is 5.61. The molecule has 1 saturated heterocycles. The number of nitrogens with one attached hydrogen (secondary N) is 1. The van der Waals surface area contributed by atoms with Gasteiger partial charge in [-0.3, -0.25) is 4.79 Å². The van der Waals surface area contributed by atoms with Gasteiger partial charge in [0.05, 0.1) is 10.6 Å². The van der Waals surface area contributed by atoms with Gasteiger partial charge in [-0.05, 0) is 61.5 Å². The van der Waals surface area contributed by atoms with E-state index >= 15 is 0 Å². The molecule has 1 heterocycles. The molecule has 1 amide bonds. The highest BCUT2D eigenvalue weighted by molar-refractivity contribution is 8.18. The molecule has 0 saturated carbocycles. The fraction of sp³-hybridized carbons (Fsp3) is 0.150. The molecule has 7 heteroatoms. The lowest BCUT2D eigenvalue weighted by molar-refractivity contribution is -0.144. The second kappa shape index (κ2) is 8.09. The van der Waals surface area contributed by atoms with Gasteiger partial charge in [-0.25, -0.2) is 9.79 Å². The van der Waals surface area contributed by atoms with E-state index in [0.29, 0.717) is 15.8 Å². The number of ether oxygens (including phenoxy) is 1. The number of amides is 1. The van der Waals surface area contributed by atoms with Crippen LogP contribution in [0.2, 0.25) is 0 Å². The summed E-state index contributed by atoms with van der Waals surface area (Å²) in [7, 11) is 0. The predicted octanol–water partition coefficient (Wildman–Crippen LogP) is 3.74. The average molecular weight is 382 g/mol. The number of aryl methyl sites for hydroxylation is 1. The number of hydrogen-bond acceptors (Lipinski definition) is 5. The number of benzene rings is 2. The van der Waals surface area contributed by atoms with Crippen LogP contribution >= 0.6 is 11.8 Å². The lowest BCUT2D eigenvalue weighted by Crippen LogP contribution is -2.22. The van der Waals surface area contributed by atoms with Gasteiger partial charge >= 0.3 is 5.97 Å². The molecule has 2 N–H and O–H groups in total. The van der Waals surface area contributed by atoms with E-state index < -0.39 is 12.1 Å². The molecule has 1 aliphatic rings. The number of amidine groups is 1. The Hall–Kier alpha value is -3.06. The SMILES string of the molecule is Cc1ccc(N=C2NC(=O)/C(=C/c3ccc(O[C@H](C)C(=O)O)cc3)S2)cc1. The van der Waals surface area contributed by atoms with Gasteiger partial charge in [-0.2, -0.15) is 0 Å². The lowest BCUT2D eigenvalue weighted by atomic mass is 10.2. The van der Waals surface area contributed by atoms with Crippen molar-refractivity contribution in [3.63, 3.8) is 0 Å². The second-order valence-corrected chi connectivity index (χ2v) is 7.02. The number of carboxylic acids is 1. The molecule has 0 radical (unpaired) electrons. The second-order valence-electron chi connectivity index (χ2n) is 5.98. The molecule has 1 fully saturated rings. The minimum absolute atomic E-state index is 0.203. The van der Waals surface area contributed by atoms with Gasteiger partial charge in [0.1, 0.15) is 5.75 Å². The normalized spacial score (nSPS) is 17.8. The van der Waals surface area contributed by atoms with Crippen LogP contribution in [0.1, 0.15) is 18.1 Å². The molecule has 0 aromatic heterocycles. The van der Waals surface area contributed by atoms with E-state index in [4.69, 9.17) is 9.84 Å². The van der Waals surface area contributed by atoms with Crippen LogP contribution in [0.15, 0.2) is 58.4 Å². The summed E-state index contributed by atoms with van der Waals surface area (Å²) >= 11 is 1.27. The van der Waals surface area contributed by atoms with E-state index in [9.17, 15) is 9.59 Å². The third-order valence-electron chi connectivity index (χ3n) is 3.75. The fourth-order valence-electron chi connectivity index (χ4n) is 2.27. The number of aliphatic imine (C=N–C) groups is 1. The van der Waals surface area contributed by atoms with Gasteiger partial charge < -0.3 is 15.2 Å². The molecule has 1 atom stereocenters. The summed E-state index contributed by atoms with van der Waals surface area (Å²) in [5.41, 5.74) is 2.73. The van der Waals surface area contributed by atoms with Crippen molar-refractivity contribution in [2.75, 3.05) is 0 Å². The maximum absolute atomic E-state index is 12.1. The monoisotopic (exact) mass is 382 g/mol. The highest BCUT2D eigenvalue weighted by Gasteiger charge is 2.23. The average Bonchev–Trinajstić information content (AvgIpc) is 2.97. The van der Waals surface area contributed by atoms with Crippen LogP contribution < -0.4 is 10.1 Å². The number of thioether (sulfide) groups is 1. The molecule has 2 aromatic rings. The number of rotatable bonds is 5. The first-order valence-electron chi connectivity index (χ1n) is 8.26.